The van der Waals surface area contributed by atoms with Crippen molar-refractivity contribution in [3.05, 3.63) is 53.9 Å². The van der Waals surface area contributed by atoms with Crippen LogP contribution in [-0.2, 0) is 0 Å². The molecule has 3 heteroatoms. The summed E-state index contributed by atoms with van der Waals surface area (Å²) in [6.45, 7) is 3.92. The van der Waals surface area contributed by atoms with Crippen LogP contribution in [0.3, 0.4) is 0 Å². The maximum atomic E-state index is 5.26. The van der Waals surface area contributed by atoms with Crippen LogP contribution in [0.2, 0.25) is 0 Å². The van der Waals surface area contributed by atoms with Crippen molar-refractivity contribution in [3.8, 4) is 11.1 Å². The van der Waals surface area contributed by atoms with Crippen molar-refractivity contribution < 1.29 is 4.52 Å². The summed E-state index contributed by atoms with van der Waals surface area (Å²) in [6, 6.07) is 14.8. The SMILES string of the molecule is Cc1noc(C)c1-c1ccc2c(c1)[nH]c1ccccc12. The van der Waals surface area contributed by atoms with Crippen LogP contribution in [0.1, 0.15) is 11.5 Å². The molecule has 0 unspecified atom stereocenters. The predicted molar refractivity (Wildman–Crippen MR) is 80.8 cm³/mol. The molecule has 4 rings (SSSR count). The Hall–Kier alpha value is -2.55. The molecule has 0 aliphatic carbocycles. The van der Waals surface area contributed by atoms with Crippen LogP contribution >= 0.6 is 0 Å². The van der Waals surface area contributed by atoms with Crippen LogP contribution in [-0.4, -0.2) is 10.1 Å². The molecule has 2 heterocycles. The van der Waals surface area contributed by atoms with E-state index in [4.69, 9.17) is 4.52 Å². The minimum atomic E-state index is 0.859. The largest absolute Gasteiger partial charge is 0.361 e. The number of H-pyrrole nitrogens is 1. The van der Waals surface area contributed by atoms with E-state index in [2.05, 4.69) is 46.5 Å². The summed E-state index contributed by atoms with van der Waals surface area (Å²) in [5.74, 6) is 0.859. The molecule has 0 aliphatic rings. The fourth-order valence-electron chi connectivity index (χ4n) is 2.91. The van der Waals surface area contributed by atoms with E-state index in [9.17, 15) is 0 Å². The molecule has 0 saturated carbocycles. The van der Waals surface area contributed by atoms with Crippen molar-refractivity contribution in [1.82, 2.24) is 10.1 Å². The van der Waals surface area contributed by atoms with E-state index in [1.165, 1.54) is 16.3 Å². The minimum Gasteiger partial charge on any atom is -0.361 e. The third kappa shape index (κ3) is 1.50. The number of benzene rings is 2. The molecule has 3 nitrogen and oxygen atoms in total. The van der Waals surface area contributed by atoms with Gasteiger partial charge < -0.3 is 9.51 Å². The van der Waals surface area contributed by atoms with Crippen LogP contribution in [0.4, 0.5) is 0 Å². The smallest absolute Gasteiger partial charge is 0.141 e. The standard InChI is InChI=1S/C17H14N2O/c1-10-17(11(2)20-19-10)12-7-8-14-13-5-3-4-6-15(13)18-16(14)9-12/h3-9,18H,1-2H3. The first-order chi connectivity index (χ1) is 9.74. The highest BCUT2D eigenvalue weighted by atomic mass is 16.5. The first-order valence-corrected chi connectivity index (χ1v) is 6.68. The van der Waals surface area contributed by atoms with Gasteiger partial charge in [0.25, 0.3) is 0 Å². The Kier molecular flexibility index (Phi) is 2.24. The van der Waals surface area contributed by atoms with Crippen LogP contribution < -0.4 is 0 Å². The maximum Gasteiger partial charge on any atom is 0.141 e. The Labute approximate surface area is 116 Å². The van der Waals surface area contributed by atoms with Gasteiger partial charge in [-0.3, -0.25) is 0 Å². The normalized spacial score (nSPS) is 11.5. The number of aromatic amines is 1. The van der Waals surface area contributed by atoms with Gasteiger partial charge in [0.2, 0.25) is 0 Å². The van der Waals surface area contributed by atoms with Gasteiger partial charge in [0.1, 0.15) is 5.76 Å². The van der Waals surface area contributed by atoms with Crippen LogP contribution in [0.5, 0.6) is 0 Å². The molecule has 0 saturated heterocycles. The molecular formula is C17H14N2O. The van der Waals surface area contributed by atoms with Gasteiger partial charge in [0.15, 0.2) is 0 Å². The Morgan fingerprint density at radius 2 is 1.75 bits per heavy atom. The molecule has 0 atom stereocenters. The molecule has 1 N–H and O–H groups in total. The molecule has 0 fully saturated rings. The number of fused-ring (bicyclic) bond motifs is 3. The Bertz CT molecular complexity index is 911. The van der Waals surface area contributed by atoms with Crippen molar-refractivity contribution in [3.63, 3.8) is 0 Å². The number of rotatable bonds is 1. The molecule has 2 aromatic carbocycles. The zero-order valence-electron chi connectivity index (χ0n) is 11.4. The number of para-hydroxylation sites is 1. The van der Waals surface area contributed by atoms with Gasteiger partial charge in [-0.2, -0.15) is 0 Å². The molecule has 4 aromatic rings. The fourth-order valence-corrected chi connectivity index (χ4v) is 2.91. The predicted octanol–water partition coefficient (Wildman–Crippen LogP) is 4.59. The lowest BCUT2D eigenvalue weighted by molar-refractivity contribution is 0.393. The lowest BCUT2D eigenvalue weighted by Gasteiger charge is -2.00. The van der Waals surface area contributed by atoms with E-state index in [0.717, 1.165) is 28.1 Å². The van der Waals surface area contributed by atoms with E-state index in [1.807, 2.05) is 19.9 Å². The van der Waals surface area contributed by atoms with Gasteiger partial charge in [-0.05, 0) is 31.5 Å². The summed E-state index contributed by atoms with van der Waals surface area (Å²) < 4.78 is 5.26. The highest BCUT2D eigenvalue weighted by Crippen LogP contribution is 2.32. The van der Waals surface area contributed by atoms with Crippen molar-refractivity contribution in [2.24, 2.45) is 0 Å². The Balaban J connectivity index is 2.02. The van der Waals surface area contributed by atoms with Crippen LogP contribution in [0.15, 0.2) is 47.0 Å². The number of hydrogen-bond donors (Lipinski definition) is 1. The molecule has 0 amide bonds. The average Bonchev–Trinajstić information content (AvgIpc) is 2.98. The van der Waals surface area contributed by atoms with Crippen LogP contribution in [0, 0.1) is 13.8 Å². The molecule has 0 bridgehead atoms. The van der Waals surface area contributed by atoms with E-state index in [-0.39, 0.29) is 0 Å². The highest BCUT2D eigenvalue weighted by Gasteiger charge is 2.12. The molecule has 0 aliphatic heterocycles. The second-order valence-corrected chi connectivity index (χ2v) is 5.13. The van der Waals surface area contributed by atoms with Crippen molar-refractivity contribution in [1.29, 1.82) is 0 Å². The Morgan fingerprint density at radius 3 is 2.55 bits per heavy atom. The second-order valence-electron chi connectivity index (χ2n) is 5.13. The number of hydrogen-bond acceptors (Lipinski definition) is 2. The molecule has 0 spiro atoms. The summed E-state index contributed by atoms with van der Waals surface area (Å²) in [4.78, 5) is 3.47. The lowest BCUT2D eigenvalue weighted by Crippen LogP contribution is -1.81. The summed E-state index contributed by atoms with van der Waals surface area (Å²) in [5.41, 5.74) is 5.46. The zero-order valence-corrected chi connectivity index (χ0v) is 11.4. The Morgan fingerprint density at radius 1 is 0.950 bits per heavy atom. The lowest BCUT2D eigenvalue weighted by atomic mass is 10.0. The summed E-state index contributed by atoms with van der Waals surface area (Å²) in [5, 5.41) is 6.53. The van der Waals surface area contributed by atoms with E-state index >= 15 is 0 Å². The number of aryl methyl sites for hydroxylation is 2. The van der Waals surface area contributed by atoms with Crippen molar-refractivity contribution in [2.75, 3.05) is 0 Å². The van der Waals surface area contributed by atoms with Gasteiger partial charge in [0, 0.05) is 27.4 Å². The zero-order chi connectivity index (χ0) is 13.7. The fraction of sp³-hybridized carbons (Fsp3) is 0.118. The second kappa shape index (κ2) is 3.97. The topological polar surface area (TPSA) is 41.8 Å². The third-order valence-corrected chi connectivity index (χ3v) is 3.83. The van der Waals surface area contributed by atoms with Gasteiger partial charge in [0.05, 0.1) is 5.69 Å². The quantitative estimate of drug-likeness (QED) is 0.545. The van der Waals surface area contributed by atoms with Crippen molar-refractivity contribution in [2.45, 2.75) is 13.8 Å². The van der Waals surface area contributed by atoms with Crippen LogP contribution in [0.25, 0.3) is 32.9 Å². The average molecular weight is 262 g/mol. The summed E-state index contributed by atoms with van der Waals surface area (Å²) in [7, 11) is 0. The van der Waals surface area contributed by atoms with Gasteiger partial charge in [-0.15, -0.1) is 0 Å². The van der Waals surface area contributed by atoms with Crippen molar-refractivity contribution >= 4 is 21.8 Å². The summed E-state index contributed by atoms with van der Waals surface area (Å²) in [6.07, 6.45) is 0. The molecular weight excluding hydrogens is 248 g/mol. The molecule has 2 aromatic heterocycles. The highest BCUT2D eigenvalue weighted by molar-refractivity contribution is 6.08. The number of nitrogens with zero attached hydrogens (tertiary/aromatic N) is 1. The minimum absolute atomic E-state index is 0.859. The third-order valence-electron chi connectivity index (χ3n) is 3.83. The molecule has 0 radical (unpaired) electrons. The number of aromatic nitrogens is 2. The first-order valence-electron chi connectivity index (χ1n) is 6.68. The monoisotopic (exact) mass is 262 g/mol. The van der Waals surface area contributed by atoms with Gasteiger partial charge in [-0.25, -0.2) is 0 Å². The van der Waals surface area contributed by atoms with Gasteiger partial charge in [-0.1, -0.05) is 35.5 Å². The summed E-state index contributed by atoms with van der Waals surface area (Å²) >= 11 is 0. The first kappa shape index (κ1) is 11.3. The van der Waals surface area contributed by atoms with E-state index < -0.39 is 0 Å². The van der Waals surface area contributed by atoms with E-state index in [0.29, 0.717) is 0 Å². The molecule has 98 valence electrons. The van der Waals surface area contributed by atoms with Gasteiger partial charge >= 0.3 is 0 Å². The maximum absolute atomic E-state index is 5.26. The molecule has 20 heavy (non-hydrogen) atoms. The van der Waals surface area contributed by atoms with E-state index in [1.54, 1.807) is 0 Å². The number of nitrogens with one attached hydrogen (secondary N) is 1.